The molecule has 1 aliphatic carbocycles. The van der Waals surface area contributed by atoms with Crippen LogP contribution in [0.3, 0.4) is 0 Å². The molecule has 4 N–H and O–H groups in total. The number of nitrogens with one attached hydrogen (secondary N) is 3. The van der Waals surface area contributed by atoms with Gasteiger partial charge in [0.1, 0.15) is 6.04 Å². The highest BCUT2D eigenvalue weighted by molar-refractivity contribution is 6.07. The van der Waals surface area contributed by atoms with Gasteiger partial charge in [-0.1, -0.05) is 61.4 Å². The molecule has 2 amide bonds. The van der Waals surface area contributed by atoms with Crippen LogP contribution in [0.25, 0.3) is 10.9 Å². The Morgan fingerprint density at radius 3 is 2.50 bits per heavy atom. The highest BCUT2D eigenvalue weighted by atomic mass is 16.4. The van der Waals surface area contributed by atoms with Crippen LogP contribution in [0.2, 0.25) is 0 Å². The molecule has 0 radical (unpaired) electrons. The Kier molecular flexibility index (Phi) is 6.54. The van der Waals surface area contributed by atoms with E-state index < -0.39 is 17.9 Å². The van der Waals surface area contributed by atoms with E-state index in [4.69, 9.17) is 0 Å². The predicted molar refractivity (Wildman–Crippen MR) is 121 cm³/mol. The fraction of sp³-hybridized carbons (Fsp3) is 0.320. The van der Waals surface area contributed by atoms with Crippen molar-refractivity contribution in [2.75, 3.05) is 0 Å². The van der Waals surface area contributed by atoms with Crippen molar-refractivity contribution in [3.8, 4) is 0 Å². The van der Waals surface area contributed by atoms with E-state index in [0.717, 1.165) is 29.3 Å². The molecule has 166 valence electrons. The number of aromatic amines is 1. The number of hydrogen-bond donors (Lipinski definition) is 4. The maximum absolute atomic E-state index is 13.1. The molecule has 1 aliphatic rings. The van der Waals surface area contributed by atoms with Gasteiger partial charge in [-0.2, -0.15) is 0 Å². The highest BCUT2D eigenvalue weighted by Gasteiger charge is 2.34. The van der Waals surface area contributed by atoms with E-state index in [-0.39, 0.29) is 24.3 Å². The third-order valence-corrected chi connectivity index (χ3v) is 6.15. The molecular formula is C25H27N3O4. The fourth-order valence-corrected chi connectivity index (χ4v) is 4.45. The largest absolute Gasteiger partial charge is 0.480 e. The Balaban J connectivity index is 1.45. The van der Waals surface area contributed by atoms with Crippen LogP contribution >= 0.6 is 0 Å². The summed E-state index contributed by atoms with van der Waals surface area (Å²) in [5.74, 6) is -2.09. The van der Waals surface area contributed by atoms with Crippen molar-refractivity contribution < 1.29 is 19.5 Å². The lowest BCUT2D eigenvalue weighted by atomic mass is 9.83. The van der Waals surface area contributed by atoms with E-state index in [2.05, 4.69) is 15.6 Å². The lowest BCUT2D eigenvalue weighted by Crippen LogP contribution is -2.52. The zero-order valence-electron chi connectivity index (χ0n) is 17.7. The summed E-state index contributed by atoms with van der Waals surface area (Å²) in [5.41, 5.74) is 2.26. The van der Waals surface area contributed by atoms with E-state index in [1.807, 2.05) is 54.6 Å². The van der Waals surface area contributed by atoms with Crippen LogP contribution < -0.4 is 10.6 Å². The summed E-state index contributed by atoms with van der Waals surface area (Å²) in [7, 11) is 0. The molecule has 32 heavy (non-hydrogen) atoms. The van der Waals surface area contributed by atoms with Crippen LogP contribution in [0, 0.1) is 5.92 Å². The van der Waals surface area contributed by atoms with Crippen LogP contribution in [0.1, 0.15) is 41.6 Å². The number of hydrogen-bond acceptors (Lipinski definition) is 3. The molecule has 4 rings (SSSR count). The predicted octanol–water partition coefficient (Wildman–Crippen LogP) is 3.27. The van der Waals surface area contributed by atoms with E-state index in [1.165, 1.54) is 0 Å². The Labute approximate surface area is 186 Å². The summed E-state index contributed by atoms with van der Waals surface area (Å²) in [6.45, 7) is 0. The normalized spacial score (nSPS) is 19.2. The second-order valence-electron chi connectivity index (χ2n) is 8.31. The van der Waals surface area contributed by atoms with Crippen molar-refractivity contribution in [1.29, 1.82) is 0 Å². The molecule has 7 nitrogen and oxygen atoms in total. The average Bonchev–Trinajstić information content (AvgIpc) is 3.24. The molecule has 0 spiro atoms. The lowest BCUT2D eigenvalue weighted by molar-refractivity contribution is -0.142. The fourth-order valence-electron chi connectivity index (χ4n) is 4.45. The number of carbonyl (C=O) groups excluding carboxylic acids is 2. The van der Waals surface area contributed by atoms with Crippen LogP contribution in [0.5, 0.6) is 0 Å². The number of rotatable bonds is 7. The maximum atomic E-state index is 13.1. The van der Waals surface area contributed by atoms with Crippen LogP contribution in [0.4, 0.5) is 0 Å². The van der Waals surface area contributed by atoms with Crippen molar-refractivity contribution >= 4 is 28.7 Å². The molecule has 0 saturated heterocycles. The molecule has 0 bridgehead atoms. The molecule has 1 fully saturated rings. The molecule has 3 atom stereocenters. The summed E-state index contributed by atoms with van der Waals surface area (Å²) >= 11 is 0. The molecular weight excluding hydrogens is 406 g/mol. The SMILES string of the molecule is O=C(N[C@H]1CCCC[C@H]1C(=O)N[C@@H](Cc1ccccc1)C(=O)O)c1c[nH]c2ccccc12. The minimum atomic E-state index is -1.07. The van der Waals surface area contributed by atoms with Gasteiger partial charge < -0.3 is 20.7 Å². The first-order valence-electron chi connectivity index (χ1n) is 11.0. The molecule has 1 heterocycles. The van der Waals surface area contributed by atoms with Crippen molar-refractivity contribution in [2.45, 2.75) is 44.2 Å². The third-order valence-electron chi connectivity index (χ3n) is 6.15. The second-order valence-corrected chi connectivity index (χ2v) is 8.31. The average molecular weight is 434 g/mol. The second kappa shape index (κ2) is 9.68. The van der Waals surface area contributed by atoms with Gasteiger partial charge in [-0.3, -0.25) is 9.59 Å². The van der Waals surface area contributed by atoms with E-state index >= 15 is 0 Å². The van der Waals surface area contributed by atoms with Gasteiger partial charge in [0.2, 0.25) is 5.91 Å². The molecule has 1 saturated carbocycles. The summed E-state index contributed by atoms with van der Waals surface area (Å²) in [4.78, 5) is 40.9. The standard InChI is InChI=1S/C25H27N3O4/c29-23(28-22(25(31)32)14-16-8-2-1-3-9-16)18-11-5-7-13-21(18)27-24(30)19-15-26-20-12-6-4-10-17(19)20/h1-4,6,8-10,12,15,18,21-22,26H,5,7,11,13-14H2,(H,27,30)(H,28,29)(H,31,32)/t18-,21+,22+/m1/s1. The molecule has 7 heteroatoms. The number of carboxylic acid groups (broad SMARTS) is 1. The number of aromatic nitrogens is 1. The first-order chi connectivity index (χ1) is 15.5. The molecule has 3 aromatic rings. The number of H-pyrrole nitrogens is 1. The third kappa shape index (κ3) is 4.82. The number of para-hydroxylation sites is 1. The monoisotopic (exact) mass is 433 g/mol. The Morgan fingerprint density at radius 2 is 1.72 bits per heavy atom. The Hall–Kier alpha value is -3.61. The van der Waals surface area contributed by atoms with Crippen molar-refractivity contribution in [3.05, 3.63) is 71.9 Å². The number of carbonyl (C=O) groups is 3. The minimum absolute atomic E-state index is 0.209. The Bertz CT molecular complexity index is 1110. The highest BCUT2D eigenvalue weighted by Crippen LogP contribution is 2.26. The van der Waals surface area contributed by atoms with Crippen molar-refractivity contribution in [2.24, 2.45) is 5.92 Å². The van der Waals surface area contributed by atoms with Crippen LogP contribution in [0.15, 0.2) is 60.8 Å². The van der Waals surface area contributed by atoms with Crippen molar-refractivity contribution in [1.82, 2.24) is 15.6 Å². The number of amides is 2. The van der Waals surface area contributed by atoms with Gasteiger partial charge >= 0.3 is 5.97 Å². The first kappa shape index (κ1) is 21.6. The Morgan fingerprint density at radius 1 is 1.00 bits per heavy atom. The molecule has 2 aromatic carbocycles. The number of aliphatic carboxylic acids is 1. The number of benzene rings is 2. The topological polar surface area (TPSA) is 111 Å². The number of carboxylic acids is 1. The quantitative estimate of drug-likeness (QED) is 0.458. The smallest absolute Gasteiger partial charge is 0.326 e. The summed E-state index contributed by atoms with van der Waals surface area (Å²) in [6, 6.07) is 15.4. The number of fused-ring (bicyclic) bond motifs is 1. The van der Waals surface area contributed by atoms with E-state index in [1.54, 1.807) is 6.20 Å². The lowest BCUT2D eigenvalue weighted by Gasteiger charge is -2.32. The molecule has 1 aromatic heterocycles. The van der Waals surface area contributed by atoms with E-state index in [0.29, 0.717) is 18.4 Å². The van der Waals surface area contributed by atoms with Gasteiger partial charge in [0.05, 0.1) is 11.5 Å². The van der Waals surface area contributed by atoms with Gasteiger partial charge in [-0.05, 0) is 24.5 Å². The van der Waals surface area contributed by atoms with Gasteiger partial charge in [0.15, 0.2) is 0 Å². The van der Waals surface area contributed by atoms with Crippen LogP contribution in [-0.4, -0.2) is 40.0 Å². The molecule has 0 unspecified atom stereocenters. The first-order valence-corrected chi connectivity index (χ1v) is 11.0. The van der Waals surface area contributed by atoms with Crippen molar-refractivity contribution in [3.63, 3.8) is 0 Å². The summed E-state index contributed by atoms with van der Waals surface area (Å²) in [6.07, 6.45) is 4.97. The summed E-state index contributed by atoms with van der Waals surface area (Å²) in [5, 5.41) is 16.2. The zero-order valence-corrected chi connectivity index (χ0v) is 17.7. The van der Waals surface area contributed by atoms with Gasteiger partial charge in [-0.25, -0.2) is 4.79 Å². The minimum Gasteiger partial charge on any atom is -0.480 e. The maximum Gasteiger partial charge on any atom is 0.326 e. The molecule has 0 aliphatic heterocycles. The van der Waals surface area contributed by atoms with Crippen LogP contribution in [-0.2, 0) is 16.0 Å². The van der Waals surface area contributed by atoms with Gasteiger partial charge in [0, 0.05) is 29.6 Å². The summed E-state index contributed by atoms with van der Waals surface area (Å²) < 4.78 is 0. The van der Waals surface area contributed by atoms with Gasteiger partial charge in [0.25, 0.3) is 5.91 Å². The van der Waals surface area contributed by atoms with E-state index in [9.17, 15) is 19.5 Å². The van der Waals surface area contributed by atoms with Gasteiger partial charge in [-0.15, -0.1) is 0 Å². The zero-order chi connectivity index (χ0) is 22.5.